The highest BCUT2D eigenvalue weighted by Gasteiger charge is 2.21. The van der Waals surface area contributed by atoms with Crippen LogP contribution in [0.15, 0.2) is 21.7 Å². The van der Waals surface area contributed by atoms with Crippen molar-refractivity contribution in [3.8, 4) is 0 Å². The smallest absolute Gasteiger partial charge is 0.191 e. The Morgan fingerprint density at radius 2 is 2.22 bits per heavy atom. The third-order valence-corrected chi connectivity index (χ3v) is 4.69. The second-order valence-corrected chi connectivity index (χ2v) is 6.81. The monoisotopic (exact) mass is 336 g/mol. The van der Waals surface area contributed by atoms with Crippen LogP contribution in [0.25, 0.3) is 0 Å². The van der Waals surface area contributed by atoms with Crippen LogP contribution in [0, 0.1) is 6.92 Å². The van der Waals surface area contributed by atoms with E-state index in [-0.39, 0.29) is 6.10 Å². The molecule has 0 bridgehead atoms. The molecule has 0 N–H and O–H groups in total. The number of furan rings is 1. The van der Waals surface area contributed by atoms with Gasteiger partial charge in [0.2, 0.25) is 0 Å². The zero-order valence-corrected chi connectivity index (χ0v) is 14.8. The summed E-state index contributed by atoms with van der Waals surface area (Å²) in [5, 5.41) is 9.65. The lowest BCUT2D eigenvalue weighted by Crippen LogP contribution is -2.23. The second-order valence-electron chi connectivity index (χ2n) is 6.03. The van der Waals surface area contributed by atoms with Crippen LogP contribution in [0.5, 0.6) is 0 Å². The van der Waals surface area contributed by atoms with Crippen molar-refractivity contribution in [2.24, 2.45) is 0 Å². The quantitative estimate of drug-likeness (QED) is 0.725. The number of aromatic nitrogens is 3. The molecule has 0 aromatic carbocycles. The van der Waals surface area contributed by atoms with Gasteiger partial charge in [0.05, 0.1) is 25.7 Å². The fourth-order valence-corrected chi connectivity index (χ4v) is 3.42. The summed E-state index contributed by atoms with van der Waals surface area (Å²) in [5.74, 6) is 2.90. The number of rotatable bonds is 7. The molecule has 3 rings (SSSR count). The molecule has 2 aromatic rings. The van der Waals surface area contributed by atoms with Crippen LogP contribution in [0.1, 0.15) is 30.2 Å². The minimum atomic E-state index is 0.286. The fourth-order valence-electron chi connectivity index (χ4n) is 2.90. The summed E-state index contributed by atoms with van der Waals surface area (Å²) in [4.78, 5) is 2.19. The van der Waals surface area contributed by atoms with E-state index in [1.54, 1.807) is 11.8 Å². The molecule has 2 aromatic heterocycles. The van der Waals surface area contributed by atoms with Crippen molar-refractivity contribution in [1.29, 1.82) is 0 Å². The van der Waals surface area contributed by atoms with Gasteiger partial charge in [0, 0.05) is 6.61 Å². The van der Waals surface area contributed by atoms with E-state index >= 15 is 0 Å². The van der Waals surface area contributed by atoms with Crippen molar-refractivity contribution in [3.05, 3.63) is 29.5 Å². The van der Waals surface area contributed by atoms with Crippen molar-refractivity contribution in [3.63, 3.8) is 0 Å². The molecule has 1 aliphatic rings. The normalized spacial score (nSPS) is 18.2. The topological polar surface area (TPSA) is 56.3 Å². The zero-order chi connectivity index (χ0) is 16.2. The van der Waals surface area contributed by atoms with Crippen LogP contribution in [-0.4, -0.2) is 45.7 Å². The maximum atomic E-state index is 5.77. The van der Waals surface area contributed by atoms with Gasteiger partial charge in [0.1, 0.15) is 17.3 Å². The van der Waals surface area contributed by atoms with Gasteiger partial charge >= 0.3 is 0 Å². The molecule has 1 fully saturated rings. The Kier molecular flexibility index (Phi) is 5.40. The van der Waals surface area contributed by atoms with Crippen LogP contribution >= 0.6 is 11.8 Å². The van der Waals surface area contributed by atoms with Gasteiger partial charge in [-0.1, -0.05) is 11.8 Å². The van der Waals surface area contributed by atoms with Gasteiger partial charge in [-0.15, -0.1) is 10.2 Å². The van der Waals surface area contributed by atoms with Gasteiger partial charge in [0.15, 0.2) is 5.16 Å². The molecule has 1 atom stereocenters. The van der Waals surface area contributed by atoms with E-state index in [9.17, 15) is 0 Å². The highest BCUT2D eigenvalue weighted by atomic mass is 32.2. The lowest BCUT2D eigenvalue weighted by Gasteiger charge is -2.18. The van der Waals surface area contributed by atoms with Crippen molar-refractivity contribution < 1.29 is 9.15 Å². The summed E-state index contributed by atoms with van der Waals surface area (Å²) in [7, 11) is 2.07. The summed E-state index contributed by atoms with van der Waals surface area (Å²) in [6.45, 7) is 5.17. The van der Waals surface area contributed by atoms with Crippen LogP contribution in [0.3, 0.4) is 0 Å². The molecule has 23 heavy (non-hydrogen) atoms. The molecule has 1 saturated heterocycles. The first-order valence-electron chi connectivity index (χ1n) is 7.97. The van der Waals surface area contributed by atoms with E-state index in [4.69, 9.17) is 9.15 Å². The summed E-state index contributed by atoms with van der Waals surface area (Å²) in [5.41, 5.74) is 0. The van der Waals surface area contributed by atoms with E-state index in [0.717, 1.165) is 61.6 Å². The molecular weight excluding hydrogens is 312 g/mol. The Balaban J connectivity index is 1.67. The maximum Gasteiger partial charge on any atom is 0.191 e. The highest BCUT2D eigenvalue weighted by molar-refractivity contribution is 7.98. The van der Waals surface area contributed by atoms with E-state index in [1.165, 1.54) is 0 Å². The zero-order valence-electron chi connectivity index (χ0n) is 14.0. The number of ether oxygens (including phenoxy) is 1. The molecule has 0 saturated carbocycles. The van der Waals surface area contributed by atoms with Crippen molar-refractivity contribution in [2.45, 2.75) is 50.7 Å². The van der Waals surface area contributed by atoms with E-state index < -0.39 is 0 Å². The van der Waals surface area contributed by atoms with E-state index in [0.29, 0.717) is 0 Å². The molecule has 126 valence electrons. The Morgan fingerprint density at radius 3 is 2.87 bits per heavy atom. The SMILES string of the molecule is CSc1nnc(CN(C)Cc2ccc(C)o2)n1C[C@H]1CCCO1. The van der Waals surface area contributed by atoms with Gasteiger partial charge in [-0.2, -0.15) is 0 Å². The summed E-state index contributed by atoms with van der Waals surface area (Å²) in [6, 6.07) is 4.02. The molecule has 0 amide bonds. The van der Waals surface area contributed by atoms with E-state index in [1.807, 2.05) is 25.3 Å². The van der Waals surface area contributed by atoms with Crippen LogP contribution in [0.4, 0.5) is 0 Å². The standard InChI is InChI=1S/C16H24N4O2S/c1-12-6-7-14(22-12)9-19(2)11-15-17-18-16(23-3)20(15)10-13-5-4-8-21-13/h6-7,13H,4-5,8-11H2,1-3H3/t13-/m1/s1. The Labute approximate surface area is 141 Å². The third-order valence-electron chi connectivity index (χ3n) is 4.02. The van der Waals surface area contributed by atoms with Gasteiger partial charge in [-0.05, 0) is 45.2 Å². The highest BCUT2D eigenvalue weighted by Crippen LogP contribution is 2.20. The number of hydrogen-bond acceptors (Lipinski definition) is 6. The van der Waals surface area contributed by atoms with Crippen LogP contribution in [-0.2, 0) is 24.4 Å². The molecular formula is C16H24N4O2S. The van der Waals surface area contributed by atoms with Gasteiger partial charge in [0.25, 0.3) is 0 Å². The summed E-state index contributed by atoms with van der Waals surface area (Å²) in [6.07, 6.45) is 4.59. The van der Waals surface area contributed by atoms with Crippen molar-refractivity contribution in [2.75, 3.05) is 19.9 Å². The Hall–Kier alpha value is -1.31. The minimum Gasteiger partial charge on any atom is -0.465 e. The lowest BCUT2D eigenvalue weighted by molar-refractivity contribution is 0.0933. The predicted octanol–water partition coefficient (Wildman–Crippen LogP) is 2.71. The number of nitrogens with zero attached hydrogens (tertiary/aromatic N) is 4. The number of thioether (sulfide) groups is 1. The Bertz CT molecular complexity index is 634. The van der Waals surface area contributed by atoms with Crippen LogP contribution in [0.2, 0.25) is 0 Å². The molecule has 3 heterocycles. The largest absolute Gasteiger partial charge is 0.465 e. The average molecular weight is 336 g/mol. The molecule has 1 aliphatic heterocycles. The number of hydrogen-bond donors (Lipinski definition) is 0. The third kappa shape index (κ3) is 4.16. The molecule has 0 radical (unpaired) electrons. The molecule has 0 unspecified atom stereocenters. The fraction of sp³-hybridized carbons (Fsp3) is 0.625. The van der Waals surface area contributed by atoms with Gasteiger partial charge in [-0.25, -0.2) is 0 Å². The molecule has 0 aliphatic carbocycles. The first kappa shape index (κ1) is 16.5. The Morgan fingerprint density at radius 1 is 1.35 bits per heavy atom. The first-order valence-corrected chi connectivity index (χ1v) is 9.19. The molecule has 6 nitrogen and oxygen atoms in total. The average Bonchev–Trinajstić information content (AvgIpc) is 3.24. The maximum absolute atomic E-state index is 5.77. The lowest BCUT2D eigenvalue weighted by atomic mass is 10.2. The molecule has 0 spiro atoms. The second kappa shape index (κ2) is 7.51. The van der Waals surface area contributed by atoms with Crippen molar-refractivity contribution in [1.82, 2.24) is 19.7 Å². The van der Waals surface area contributed by atoms with Gasteiger partial charge < -0.3 is 13.7 Å². The van der Waals surface area contributed by atoms with Crippen molar-refractivity contribution >= 4 is 11.8 Å². The van der Waals surface area contributed by atoms with E-state index in [2.05, 4.69) is 26.7 Å². The summed E-state index contributed by atoms with van der Waals surface area (Å²) >= 11 is 1.63. The molecule has 7 heteroatoms. The summed E-state index contributed by atoms with van der Waals surface area (Å²) < 4.78 is 13.6. The van der Waals surface area contributed by atoms with Crippen LogP contribution < -0.4 is 0 Å². The first-order chi connectivity index (χ1) is 11.2. The minimum absolute atomic E-state index is 0.286. The number of aryl methyl sites for hydroxylation is 1. The van der Waals surface area contributed by atoms with Gasteiger partial charge in [-0.3, -0.25) is 4.90 Å². The predicted molar refractivity (Wildman–Crippen MR) is 89.4 cm³/mol.